The van der Waals surface area contributed by atoms with Crippen LogP contribution in [0.3, 0.4) is 0 Å². The van der Waals surface area contributed by atoms with E-state index in [9.17, 15) is 9.59 Å². The molecule has 0 aromatic heterocycles. The zero-order valence-corrected chi connectivity index (χ0v) is 12.9. The molecule has 1 amide bonds. The lowest BCUT2D eigenvalue weighted by molar-refractivity contribution is -0.128. The maximum Gasteiger partial charge on any atom is 0.223 e. The fourth-order valence-corrected chi connectivity index (χ4v) is 3.15. The monoisotopic (exact) mass is 291 g/mol. The van der Waals surface area contributed by atoms with Gasteiger partial charge in [-0.1, -0.05) is 43.0 Å². The van der Waals surface area contributed by atoms with E-state index in [1.807, 2.05) is 4.90 Å². The van der Waals surface area contributed by atoms with E-state index < -0.39 is 0 Å². The van der Waals surface area contributed by atoms with Gasteiger partial charge in [-0.05, 0) is 23.5 Å². The minimum absolute atomic E-state index is 0.131. The quantitative estimate of drug-likeness (QED) is 0.837. The van der Waals surface area contributed by atoms with Crippen molar-refractivity contribution in [2.75, 3.05) is 12.3 Å². The standard InChI is InChI=1S/C16H21NO2S/c1-3-13-4-6-14(7-5-13)9-17-10-15(8-16(17)19)11-20-12(2)18/h4-7,15H,3,8-11H2,1-2H3. The maximum atomic E-state index is 12.0. The number of likely N-dealkylation sites (tertiary alicyclic amines) is 1. The van der Waals surface area contributed by atoms with Gasteiger partial charge in [-0.15, -0.1) is 0 Å². The van der Waals surface area contributed by atoms with E-state index in [-0.39, 0.29) is 11.0 Å². The van der Waals surface area contributed by atoms with Crippen LogP contribution in [0.4, 0.5) is 0 Å². The predicted octanol–water partition coefficient (Wildman–Crippen LogP) is 2.88. The van der Waals surface area contributed by atoms with Crippen molar-refractivity contribution in [3.8, 4) is 0 Å². The predicted molar refractivity (Wildman–Crippen MR) is 82.5 cm³/mol. The number of rotatable bonds is 5. The van der Waals surface area contributed by atoms with Crippen LogP contribution in [0.25, 0.3) is 0 Å². The second-order valence-electron chi connectivity index (χ2n) is 5.32. The van der Waals surface area contributed by atoms with Crippen LogP contribution in [-0.2, 0) is 22.6 Å². The molecule has 2 rings (SSSR count). The molecular weight excluding hydrogens is 270 g/mol. The van der Waals surface area contributed by atoms with Gasteiger partial charge >= 0.3 is 0 Å². The molecule has 1 aliphatic rings. The number of hydrogen-bond donors (Lipinski definition) is 0. The molecule has 1 aliphatic heterocycles. The fourth-order valence-electron chi connectivity index (χ4n) is 2.45. The third-order valence-corrected chi connectivity index (χ3v) is 4.67. The van der Waals surface area contributed by atoms with Gasteiger partial charge in [0.2, 0.25) is 5.91 Å². The lowest BCUT2D eigenvalue weighted by Gasteiger charge is -2.16. The van der Waals surface area contributed by atoms with E-state index in [2.05, 4.69) is 31.2 Å². The molecule has 1 saturated heterocycles. The molecule has 1 atom stereocenters. The molecule has 0 aliphatic carbocycles. The van der Waals surface area contributed by atoms with Gasteiger partial charge in [0.15, 0.2) is 5.12 Å². The van der Waals surface area contributed by atoms with E-state index in [0.29, 0.717) is 18.9 Å². The number of aryl methyl sites for hydroxylation is 1. The Labute approximate surface area is 124 Å². The highest BCUT2D eigenvalue weighted by molar-refractivity contribution is 8.13. The molecule has 1 aromatic rings. The molecule has 0 saturated carbocycles. The second-order valence-corrected chi connectivity index (χ2v) is 6.51. The summed E-state index contributed by atoms with van der Waals surface area (Å²) in [4.78, 5) is 24.9. The van der Waals surface area contributed by atoms with Crippen LogP contribution in [0.2, 0.25) is 0 Å². The summed E-state index contributed by atoms with van der Waals surface area (Å²) < 4.78 is 0. The molecular formula is C16H21NO2S. The summed E-state index contributed by atoms with van der Waals surface area (Å²) in [6.07, 6.45) is 1.61. The van der Waals surface area contributed by atoms with Crippen LogP contribution in [0.1, 0.15) is 31.4 Å². The fraction of sp³-hybridized carbons (Fsp3) is 0.500. The minimum Gasteiger partial charge on any atom is -0.338 e. The number of carbonyl (C=O) groups is 2. The Morgan fingerprint density at radius 2 is 1.95 bits per heavy atom. The van der Waals surface area contributed by atoms with Gasteiger partial charge < -0.3 is 4.90 Å². The SMILES string of the molecule is CCc1ccc(CN2CC(CSC(C)=O)CC2=O)cc1. The molecule has 20 heavy (non-hydrogen) atoms. The molecule has 1 unspecified atom stereocenters. The average Bonchev–Trinajstić information content (AvgIpc) is 2.78. The van der Waals surface area contributed by atoms with Crippen LogP contribution in [0.15, 0.2) is 24.3 Å². The molecule has 1 heterocycles. The highest BCUT2D eigenvalue weighted by atomic mass is 32.2. The van der Waals surface area contributed by atoms with E-state index in [4.69, 9.17) is 0 Å². The summed E-state index contributed by atoms with van der Waals surface area (Å²) in [6, 6.07) is 8.45. The summed E-state index contributed by atoms with van der Waals surface area (Å²) in [5.74, 6) is 1.27. The Kier molecular flexibility index (Phi) is 5.24. The number of thioether (sulfide) groups is 1. The Morgan fingerprint density at radius 1 is 1.30 bits per heavy atom. The Morgan fingerprint density at radius 3 is 2.55 bits per heavy atom. The summed E-state index contributed by atoms with van der Waals surface area (Å²) in [5.41, 5.74) is 2.49. The summed E-state index contributed by atoms with van der Waals surface area (Å²) in [5, 5.41) is 0.131. The van der Waals surface area contributed by atoms with Crippen molar-refractivity contribution < 1.29 is 9.59 Å². The van der Waals surface area contributed by atoms with Crippen LogP contribution in [0, 0.1) is 5.92 Å². The lowest BCUT2D eigenvalue weighted by Crippen LogP contribution is -2.24. The molecule has 0 radical (unpaired) electrons. The average molecular weight is 291 g/mol. The van der Waals surface area contributed by atoms with Crippen molar-refractivity contribution in [2.45, 2.75) is 33.2 Å². The highest BCUT2D eigenvalue weighted by Gasteiger charge is 2.29. The van der Waals surface area contributed by atoms with E-state index in [1.165, 1.54) is 22.9 Å². The zero-order chi connectivity index (χ0) is 14.5. The largest absolute Gasteiger partial charge is 0.338 e. The van der Waals surface area contributed by atoms with Gasteiger partial charge in [0.1, 0.15) is 0 Å². The van der Waals surface area contributed by atoms with Crippen LogP contribution in [0.5, 0.6) is 0 Å². The number of nitrogens with zero attached hydrogens (tertiary/aromatic N) is 1. The van der Waals surface area contributed by atoms with Crippen molar-refractivity contribution >= 4 is 22.8 Å². The van der Waals surface area contributed by atoms with Gasteiger partial charge in [-0.3, -0.25) is 9.59 Å². The minimum atomic E-state index is 0.131. The third kappa shape index (κ3) is 4.10. The zero-order valence-electron chi connectivity index (χ0n) is 12.1. The number of benzene rings is 1. The maximum absolute atomic E-state index is 12.0. The van der Waals surface area contributed by atoms with Crippen LogP contribution >= 0.6 is 11.8 Å². The summed E-state index contributed by atoms with van der Waals surface area (Å²) in [6.45, 7) is 5.17. The molecule has 4 heteroatoms. The first kappa shape index (κ1) is 15.1. The van der Waals surface area contributed by atoms with E-state index in [1.54, 1.807) is 6.92 Å². The molecule has 1 fully saturated rings. The third-order valence-electron chi connectivity index (χ3n) is 3.62. The second kappa shape index (κ2) is 6.93. The van der Waals surface area contributed by atoms with Crippen LogP contribution < -0.4 is 0 Å². The Hall–Kier alpha value is -1.29. The Balaban J connectivity index is 1.89. The molecule has 3 nitrogen and oxygen atoms in total. The highest BCUT2D eigenvalue weighted by Crippen LogP contribution is 2.24. The molecule has 1 aromatic carbocycles. The summed E-state index contributed by atoms with van der Waals surface area (Å²) in [7, 11) is 0. The van der Waals surface area contributed by atoms with Crippen molar-refractivity contribution in [3.63, 3.8) is 0 Å². The molecule has 108 valence electrons. The lowest BCUT2D eigenvalue weighted by atomic mass is 10.1. The normalized spacial score (nSPS) is 18.6. The van der Waals surface area contributed by atoms with Crippen molar-refractivity contribution in [3.05, 3.63) is 35.4 Å². The smallest absolute Gasteiger partial charge is 0.223 e. The number of hydrogen-bond acceptors (Lipinski definition) is 3. The molecule has 0 spiro atoms. The number of carbonyl (C=O) groups excluding carboxylic acids is 2. The van der Waals surface area contributed by atoms with Crippen molar-refractivity contribution in [1.29, 1.82) is 0 Å². The first-order valence-corrected chi connectivity index (χ1v) is 8.06. The van der Waals surface area contributed by atoms with Crippen molar-refractivity contribution in [2.24, 2.45) is 5.92 Å². The van der Waals surface area contributed by atoms with E-state index in [0.717, 1.165) is 18.7 Å². The van der Waals surface area contributed by atoms with E-state index >= 15 is 0 Å². The summed E-state index contributed by atoms with van der Waals surface area (Å²) >= 11 is 1.33. The van der Waals surface area contributed by atoms with Gasteiger partial charge in [-0.2, -0.15) is 0 Å². The first-order chi connectivity index (χ1) is 9.58. The van der Waals surface area contributed by atoms with Gasteiger partial charge in [0.05, 0.1) is 0 Å². The van der Waals surface area contributed by atoms with Gasteiger partial charge in [-0.25, -0.2) is 0 Å². The first-order valence-electron chi connectivity index (χ1n) is 7.07. The van der Waals surface area contributed by atoms with Crippen molar-refractivity contribution in [1.82, 2.24) is 4.90 Å². The number of amides is 1. The topological polar surface area (TPSA) is 37.4 Å². The Bertz CT molecular complexity index is 484. The molecule has 0 bridgehead atoms. The van der Waals surface area contributed by atoms with Crippen LogP contribution in [-0.4, -0.2) is 28.2 Å². The van der Waals surface area contributed by atoms with Gasteiger partial charge in [0, 0.05) is 32.2 Å². The van der Waals surface area contributed by atoms with Gasteiger partial charge in [0.25, 0.3) is 0 Å². The molecule has 0 N–H and O–H groups in total.